The van der Waals surface area contributed by atoms with E-state index < -0.39 is 53.9 Å². The van der Waals surface area contributed by atoms with Crippen molar-refractivity contribution in [2.24, 2.45) is 7.05 Å². The first-order chi connectivity index (χ1) is 18.0. The summed E-state index contributed by atoms with van der Waals surface area (Å²) < 4.78 is 121. The maximum Gasteiger partial charge on any atom is 0.417 e. The van der Waals surface area contributed by atoms with Crippen molar-refractivity contribution in [3.05, 3.63) is 70.0 Å². The summed E-state index contributed by atoms with van der Waals surface area (Å²) in [6.07, 6.45) is -13.0. The number of halogens is 9. The molecule has 0 saturated heterocycles. The van der Waals surface area contributed by atoms with Gasteiger partial charge in [-0.3, -0.25) is 15.3 Å². The average Bonchev–Trinajstić information content (AvgIpc) is 3.26. The quantitative estimate of drug-likeness (QED) is 0.288. The molecule has 0 aliphatic rings. The smallest absolute Gasteiger partial charge is 0.329 e. The highest BCUT2D eigenvalue weighted by molar-refractivity contribution is 5.63. The van der Waals surface area contributed by atoms with Crippen molar-refractivity contribution in [2.75, 3.05) is 12.0 Å². The summed E-state index contributed by atoms with van der Waals surface area (Å²) in [5, 5.41) is 11.3. The lowest BCUT2D eigenvalue weighted by Crippen LogP contribution is -2.26. The minimum atomic E-state index is -5.10. The topological polar surface area (TPSA) is 81.0 Å². The lowest BCUT2D eigenvalue weighted by Gasteiger charge is -2.24. The fraction of sp³-hybridized carbons (Fsp3) is 0.364. The van der Waals surface area contributed by atoms with Crippen LogP contribution in [0.15, 0.2) is 36.5 Å². The molecule has 0 aliphatic carbocycles. The van der Waals surface area contributed by atoms with Crippen LogP contribution in [0.5, 0.6) is 0 Å². The third-order valence-corrected chi connectivity index (χ3v) is 5.21. The molecule has 0 unspecified atom stereocenters. The molecule has 8 nitrogen and oxygen atoms in total. The summed E-state index contributed by atoms with van der Waals surface area (Å²) in [4.78, 5) is 10.7. The van der Waals surface area contributed by atoms with Crippen molar-refractivity contribution in [1.82, 2.24) is 30.7 Å². The number of anilines is 1. The Hall–Kier alpha value is -3.89. The number of aromatic nitrogens is 5. The number of aryl methyl sites for hydroxylation is 1. The van der Waals surface area contributed by atoms with Crippen molar-refractivity contribution in [2.45, 2.75) is 38.5 Å². The van der Waals surface area contributed by atoms with Crippen LogP contribution in [0.2, 0.25) is 0 Å². The summed E-state index contributed by atoms with van der Waals surface area (Å²) in [7, 11) is 2.59. The molecule has 0 fully saturated rings. The van der Waals surface area contributed by atoms with Gasteiger partial charge in [0.05, 0.1) is 42.2 Å². The largest absolute Gasteiger partial charge is 0.417 e. The van der Waals surface area contributed by atoms with Crippen LogP contribution in [0.3, 0.4) is 0 Å². The number of pyridine rings is 1. The maximum absolute atomic E-state index is 13.5. The number of nitrogens with zero attached hydrogens (tertiary/aromatic N) is 6. The predicted octanol–water partition coefficient (Wildman–Crippen LogP) is 5.38. The van der Waals surface area contributed by atoms with Crippen molar-refractivity contribution in [3.8, 4) is 0 Å². The number of hydrogen-bond acceptors (Lipinski definition) is 7. The minimum Gasteiger partial charge on any atom is -0.329 e. The van der Waals surface area contributed by atoms with Crippen molar-refractivity contribution in [1.29, 1.82) is 0 Å². The molecule has 0 saturated carbocycles. The number of hydrogen-bond donors (Lipinski definition) is 1. The molecular formula is C22H20F9N7O. The van der Waals surface area contributed by atoms with E-state index in [1.165, 1.54) is 27.2 Å². The number of nitrogens with one attached hydrogen (secondary N) is 1. The van der Waals surface area contributed by atoms with Gasteiger partial charge in [-0.2, -0.15) is 44.3 Å². The highest BCUT2D eigenvalue weighted by Gasteiger charge is 2.37. The van der Waals surface area contributed by atoms with E-state index in [1.54, 1.807) is 0 Å². The van der Waals surface area contributed by atoms with Gasteiger partial charge in [-0.15, -0.1) is 5.10 Å². The molecule has 0 amide bonds. The summed E-state index contributed by atoms with van der Waals surface area (Å²) in [6, 6.07) is 1.74. The highest BCUT2D eigenvalue weighted by Crippen LogP contribution is 2.37. The molecule has 17 heteroatoms. The third kappa shape index (κ3) is 7.36. The van der Waals surface area contributed by atoms with E-state index in [0.29, 0.717) is 18.3 Å². The molecule has 0 radical (unpaired) electrons. The van der Waals surface area contributed by atoms with Crippen LogP contribution < -0.4 is 10.4 Å². The Labute approximate surface area is 215 Å². The average molecular weight is 569 g/mol. The van der Waals surface area contributed by atoms with E-state index in [4.69, 9.17) is 4.84 Å². The second-order valence-electron chi connectivity index (χ2n) is 8.09. The van der Waals surface area contributed by atoms with Gasteiger partial charge in [0.15, 0.2) is 0 Å². The Morgan fingerprint density at radius 2 is 1.51 bits per heavy atom. The molecule has 0 aliphatic heterocycles. The molecule has 0 bridgehead atoms. The van der Waals surface area contributed by atoms with Gasteiger partial charge in [-0.1, -0.05) is 11.2 Å². The molecule has 39 heavy (non-hydrogen) atoms. The first-order valence-electron chi connectivity index (χ1n) is 10.8. The van der Waals surface area contributed by atoms with E-state index in [2.05, 4.69) is 25.9 Å². The Kier molecular flexibility index (Phi) is 8.42. The second-order valence-corrected chi connectivity index (χ2v) is 8.09. The standard InChI is InChI=1S/C22H20F9N7O/c1-4-17(35-39-3)18-13(7-16(9-32-18)22(29,30)31)11-38(19-33-36-37(2)34-19)10-12-5-14(20(23,24)25)8-15(6-12)21(26,27)28/h4-9,35H,10-11H2,1-3H3. The van der Waals surface area contributed by atoms with Gasteiger partial charge in [0.1, 0.15) is 0 Å². The zero-order chi connectivity index (χ0) is 29.2. The zero-order valence-electron chi connectivity index (χ0n) is 20.4. The van der Waals surface area contributed by atoms with Crippen LogP contribution in [0.1, 0.15) is 40.4 Å². The normalized spacial score (nSPS) is 13.1. The van der Waals surface area contributed by atoms with Gasteiger partial charge in [-0.25, -0.2) is 0 Å². The fourth-order valence-corrected chi connectivity index (χ4v) is 3.52. The van der Waals surface area contributed by atoms with Crippen LogP contribution in [0, 0.1) is 0 Å². The van der Waals surface area contributed by atoms with Gasteiger partial charge in [0, 0.05) is 24.8 Å². The predicted molar refractivity (Wildman–Crippen MR) is 118 cm³/mol. The lowest BCUT2D eigenvalue weighted by molar-refractivity contribution is -0.143. The Bertz CT molecular complexity index is 1300. The first-order valence-corrected chi connectivity index (χ1v) is 10.8. The SMILES string of the molecule is CC=C(NOC)c1ncc(C(F)(F)F)cc1CN(Cc1cc(C(F)(F)F)cc(C(F)(F)F)c1)c1nnn(C)n1. The van der Waals surface area contributed by atoms with Crippen LogP contribution >= 0.6 is 0 Å². The van der Waals surface area contributed by atoms with E-state index in [1.807, 2.05) is 0 Å². The molecule has 2 heterocycles. The molecule has 2 aromatic heterocycles. The van der Waals surface area contributed by atoms with E-state index in [-0.39, 0.29) is 29.0 Å². The number of allylic oxidation sites excluding steroid dienone is 1. The molecule has 3 aromatic rings. The maximum atomic E-state index is 13.5. The van der Waals surface area contributed by atoms with E-state index >= 15 is 0 Å². The van der Waals surface area contributed by atoms with Gasteiger partial charge in [0.2, 0.25) is 0 Å². The summed E-state index contributed by atoms with van der Waals surface area (Å²) in [5.74, 6) is -0.270. The molecule has 1 aromatic carbocycles. The van der Waals surface area contributed by atoms with Crippen LogP contribution in [0.25, 0.3) is 5.70 Å². The van der Waals surface area contributed by atoms with Gasteiger partial charge in [0.25, 0.3) is 5.95 Å². The molecular weight excluding hydrogens is 549 g/mol. The second kappa shape index (κ2) is 11.1. The number of benzene rings is 1. The summed E-state index contributed by atoms with van der Waals surface area (Å²) in [5.41, 5.74) is -2.23. The highest BCUT2D eigenvalue weighted by atomic mass is 19.4. The number of tetrazole rings is 1. The van der Waals surface area contributed by atoms with Crippen molar-refractivity contribution < 1.29 is 44.4 Å². The Balaban J connectivity index is 2.16. The third-order valence-electron chi connectivity index (χ3n) is 5.21. The van der Waals surface area contributed by atoms with Crippen molar-refractivity contribution in [3.63, 3.8) is 0 Å². The van der Waals surface area contributed by atoms with Gasteiger partial charge < -0.3 is 4.90 Å². The molecule has 212 valence electrons. The number of rotatable bonds is 8. The molecule has 1 N–H and O–H groups in total. The number of hydroxylamine groups is 1. The molecule has 0 atom stereocenters. The molecule has 0 spiro atoms. The monoisotopic (exact) mass is 569 g/mol. The minimum absolute atomic E-state index is 0.0266. The summed E-state index contributed by atoms with van der Waals surface area (Å²) >= 11 is 0. The number of alkyl halides is 9. The summed E-state index contributed by atoms with van der Waals surface area (Å²) in [6.45, 7) is 0.364. The van der Waals surface area contributed by atoms with E-state index in [9.17, 15) is 39.5 Å². The van der Waals surface area contributed by atoms with Gasteiger partial charge >= 0.3 is 18.5 Å². The zero-order valence-corrected chi connectivity index (χ0v) is 20.4. The molecule has 3 rings (SSSR count). The van der Waals surface area contributed by atoms with Crippen LogP contribution in [0.4, 0.5) is 45.5 Å². The lowest BCUT2D eigenvalue weighted by atomic mass is 10.0. The van der Waals surface area contributed by atoms with Crippen LogP contribution in [-0.4, -0.2) is 32.3 Å². The first kappa shape index (κ1) is 29.7. The van der Waals surface area contributed by atoms with E-state index in [0.717, 1.165) is 15.8 Å². The Morgan fingerprint density at radius 3 is 1.97 bits per heavy atom. The fourth-order valence-electron chi connectivity index (χ4n) is 3.52. The van der Waals surface area contributed by atoms with Crippen molar-refractivity contribution >= 4 is 11.6 Å². The van der Waals surface area contributed by atoms with Crippen LogP contribution in [-0.2, 0) is 43.5 Å². The van der Waals surface area contributed by atoms with Gasteiger partial charge in [-0.05, 0) is 42.0 Å². The Morgan fingerprint density at radius 1 is 0.923 bits per heavy atom.